The van der Waals surface area contributed by atoms with Gasteiger partial charge in [-0.25, -0.2) is 0 Å². The molecule has 1 saturated heterocycles. The van der Waals surface area contributed by atoms with Gasteiger partial charge in [-0.05, 0) is 6.26 Å². The molecular formula is C11H18F3NO5S2. The molecule has 0 bridgehead atoms. The second-order valence-electron chi connectivity index (χ2n) is 4.91. The van der Waals surface area contributed by atoms with Crippen LogP contribution in [0.4, 0.5) is 13.2 Å². The summed E-state index contributed by atoms with van der Waals surface area (Å²) in [5.41, 5.74) is -0.958. The van der Waals surface area contributed by atoms with Crippen LogP contribution in [-0.2, 0) is 9.53 Å². The van der Waals surface area contributed by atoms with E-state index in [4.69, 9.17) is 4.74 Å². The second-order valence-corrected chi connectivity index (χ2v) is 6.66. The second kappa shape index (κ2) is 7.58. The van der Waals surface area contributed by atoms with Crippen molar-refractivity contribution in [3.05, 3.63) is 0 Å². The molecule has 6 nitrogen and oxygen atoms in total. The lowest BCUT2D eigenvalue weighted by molar-refractivity contribution is -0.207. The van der Waals surface area contributed by atoms with Crippen molar-refractivity contribution < 1.29 is 38.0 Å². The lowest BCUT2D eigenvalue weighted by Gasteiger charge is -2.44. The monoisotopic (exact) mass is 365 g/mol. The number of rotatable bonds is 4. The van der Waals surface area contributed by atoms with E-state index in [1.54, 1.807) is 11.6 Å². The molecule has 0 aromatic rings. The Morgan fingerprint density at radius 3 is 2.23 bits per heavy atom. The number of alkyl halides is 3. The zero-order valence-electron chi connectivity index (χ0n) is 11.7. The molecule has 1 aliphatic rings. The van der Waals surface area contributed by atoms with E-state index in [2.05, 4.69) is 12.6 Å². The van der Waals surface area contributed by atoms with Crippen LogP contribution in [-0.4, -0.2) is 74.8 Å². The number of carbonyl (C=O) groups is 1. The summed E-state index contributed by atoms with van der Waals surface area (Å²) >= 11 is 5.01. The highest BCUT2D eigenvalue weighted by molar-refractivity contribution is 7.99. The van der Waals surface area contributed by atoms with Crippen LogP contribution < -0.4 is 5.32 Å². The van der Waals surface area contributed by atoms with Crippen LogP contribution in [0.2, 0.25) is 0 Å². The fourth-order valence-electron chi connectivity index (χ4n) is 2.08. The van der Waals surface area contributed by atoms with Crippen LogP contribution in [0.5, 0.6) is 0 Å². The Labute approximate surface area is 134 Å². The molecule has 0 radical (unpaired) electrons. The Morgan fingerprint density at radius 1 is 1.27 bits per heavy atom. The minimum absolute atomic E-state index is 0.809. The normalized spacial score (nSPS) is 35.8. The predicted molar refractivity (Wildman–Crippen MR) is 76.6 cm³/mol. The fourth-order valence-corrected chi connectivity index (χ4v) is 3.00. The fraction of sp³-hybridized carbons (Fsp3) is 0.909. The van der Waals surface area contributed by atoms with E-state index in [-0.39, 0.29) is 0 Å². The van der Waals surface area contributed by atoms with Crippen molar-refractivity contribution in [1.82, 2.24) is 5.32 Å². The number of carbonyl (C=O) groups excluding carboxylic acids is 1. The lowest BCUT2D eigenvalue weighted by atomic mass is 9.93. The third kappa shape index (κ3) is 4.42. The minimum Gasteiger partial charge on any atom is -0.388 e. The predicted octanol–water partition coefficient (Wildman–Crippen LogP) is -0.478. The molecule has 1 fully saturated rings. The van der Waals surface area contributed by atoms with Crippen molar-refractivity contribution in [2.75, 3.05) is 6.26 Å². The first-order valence-corrected chi connectivity index (χ1v) is 8.09. The number of thiol groups is 1. The van der Waals surface area contributed by atoms with E-state index < -0.39 is 53.2 Å². The Balaban J connectivity index is 2.97. The van der Waals surface area contributed by atoms with Gasteiger partial charge in [0.15, 0.2) is 0 Å². The van der Waals surface area contributed by atoms with Crippen molar-refractivity contribution in [3.8, 4) is 0 Å². The van der Waals surface area contributed by atoms with Crippen molar-refractivity contribution >= 4 is 30.3 Å². The maximum absolute atomic E-state index is 12.4. The smallest absolute Gasteiger partial charge is 0.388 e. The van der Waals surface area contributed by atoms with Crippen molar-refractivity contribution in [2.24, 2.45) is 0 Å². The average molecular weight is 365 g/mol. The van der Waals surface area contributed by atoms with Gasteiger partial charge in [-0.1, -0.05) is 6.92 Å². The van der Waals surface area contributed by atoms with E-state index in [1.165, 1.54) is 6.92 Å². The Bertz CT molecular complexity index is 396. The summed E-state index contributed by atoms with van der Waals surface area (Å²) in [6, 6.07) is -1.32. The summed E-state index contributed by atoms with van der Waals surface area (Å²) in [6.07, 6.45) is -9.59. The molecule has 0 aliphatic carbocycles. The molecule has 7 atom stereocenters. The molecule has 22 heavy (non-hydrogen) atoms. The maximum Gasteiger partial charge on any atom is 0.471 e. The van der Waals surface area contributed by atoms with Crippen molar-refractivity contribution in [2.45, 2.75) is 54.2 Å². The van der Waals surface area contributed by atoms with Crippen molar-refractivity contribution in [3.63, 3.8) is 0 Å². The van der Waals surface area contributed by atoms with Crippen LogP contribution in [0, 0.1) is 0 Å². The number of hydrogen-bond donors (Lipinski definition) is 5. The molecule has 1 heterocycles. The Morgan fingerprint density at radius 2 is 1.82 bits per heavy atom. The SMILES string of the molecule is CSC1O[C@H]([C@H](NC(=O)C(F)(F)F)[C@H](C)S)C(O)C(O)[C@H]1O. The highest BCUT2D eigenvalue weighted by atomic mass is 32.2. The average Bonchev–Trinajstić information content (AvgIpc) is 2.41. The Kier molecular flexibility index (Phi) is 6.84. The van der Waals surface area contributed by atoms with Gasteiger partial charge in [-0.15, -0.1) is 11.8 Å². The first-order chi connectivity index (χ1) is 10.0. The topological polar surface area (TPSA) is 99.0 Å². The zero-order chi connectivity index (χ0) is 17.2. The van der Waals surface area contributed by atoms with Gasteiger partial charge in [0.2, 0.25) is 0 Å². The molecule has 1 amide bonds. The number of aliphatic hydroxyl groups excluding tert-OH is 3. The molecule has 0 aromatic heterocycles. The standard InChI is InChI=1S/C11H18F3NO5S2/c1-3(21)4(15-10(19)11(12,13)14)8-6(17)5(16)7(18)9(20-8)22-2/h3-9,16-18,21H,1-2H3,(H,15,19)/t3-,4+,5?,6?,7+,8+,9?/m0/s1. The first kappa shape index (κ1) is 19.8. The van der Waals surface area contributed by atoms with Gasteiger partial charge < -0.3 is 25.4 Å². The van der Waals surface area contributed by atoms with E-state index in [0.717, 1.165) is 11.8 Å². The van der Waals surface area contributed by atoms with Crippen LogP contribution >= 0.6 is 24.4 Å². The van der Waals surface area contributed by atoms with E-state index in [9.17, 15) is 33.3 Å². The Hall–Kier alpha value is -0.200. The third-order valence-corrected chi connectivity index (χ3v) is 4.44. The molecule has 1 rings (SSSR count). The van der Waals surface area contributed by atoms with Crippen LogP contribution in [0.1, 0.15) is 6.92 Å². The van der Waals surface area contributed by atoms with Gasteiger partial charge >= 0.3 is 12.1 Å². The van der Waals surface area contributed by atoms with E-state index in [1.807, 2.05) is 0 Å². The number of aliphatic hydroxyl groups is 3. The summed E-state index contributed by atoms with van der Waals surface area (Å²) in [7, 11) is 0. The number of halogens is 3. The van der Waals surface area contributed by atoms with Gasteiger partial charge in [-0.2, -0.15) is 25.8 Å². The highest BCUT2D eigenvalue weighted by Crippen LogP contribution is 2.30. The molecule has 1 aliphatic heterocycles. The minimum atomic E-state index is -5.10. The van der Waals surface area contributed by atoms with E-state index in [0.29, 0.717) is 0 Å². The zero-order valence-corrected chi connectivity index (χ0v) is 13.4. The third-order valence-electron chi connectivity index (χ3n) is 3.27. The van der Waals surface area contributed by atoms with E-state index >= 15 is 0 Å². The summed E-state index contributed by atoms with van der Waals surface area (Å²) in [5.74, 6) is -2.20. The maximum atomic E-state index is 12.4. The van der Waals surface area contributed by atoms with Crippen LogP contribution in [0.15, 0.2) is 0 Å². The van der Waals surface area contributed by atoms with Crippen molar-refractivity contribution in [1.29, 1.82) is 0 Å². The highest BCUT2D eigenvalue weighted by Gasteiger charge is 2.49. The van der Waals surface area contributed by atoms with Gasteiger partial charge in [0, 0.05) is 5.25 Å². The quantitative estimate of drug-likeness (QED) is 0.432. The number of nitrogens with one attached hydrogen (secondary N) is 1. The molecule has 0 spiro atoms. The summed E-state index contributed by atoms with van der Waals surface area (Å²) in [6.45, 7) is 1.41. The summed E-state index contributed by atoms with van der Waals surface area (Å²) < 4.78 is 42.5. The lowest BCUT2D eigenvalue weighted by Crippen LogP contribution is -2.65. The molecular weight excluding hydrogens is 347 g/mol. The molecule has 3 unspecified atom stereocenters. The number of amides is 1. The molecule has 130 valence electrons. The molecule has 0 saturated carbocycles. The van der Waals surface area contributed by atoms with Gasteiger partial charge in [0.25, 0.3) is 0 Å². The number of ether oxygens (including phenoxy) is 1. The number of hydrogen-bond acceptors (Lipinski definition) is 7. The van der Waals surface area contributed by atoms with Gasteiger partial charge in [-0.3, -0.25) is 4.79 Å². The summed E-state index contributed by atoms with van der Waals surface area (Å²) in [4.78, 5) is 11.1. The van der Waals surface area contributed by atoms with Crippen LogP contribution in [0.3, 0.4) is 0 Å². The largest absolute Gasteiger partial charge is 0.471 e. The molecule has 11 heteroatoms. The molecule has 0 aromatic carbocycles. The molecule has 4 N–H and O–H groups in total. The summed E-state index contributed by atoms with van der Waals surface area (Å²) in [5, 5.41) is 30.3. The first-order valence-electron chi connectivity index (χ1n) is 6.29. The van der Waals surface area contributed by atoms with Crippen LogP contribution in [0.25, 0.3) is 0 Å². The van der Waals surface area contributed by atoms with Gasteiger partial charge in [0.1, 0.15) is 29.9 Å². The van der Waals surface area contributed by atoms with Gasteiger partial charge in [0.05, 0.1) is 6.04 Å². The number of thioether (sulfide) groups is 1.